The van der Waals surface area contributed by atoms with Gasteiger partial charge in [-0.25, -0.2) is 9.78 Å². The van der Waals surface area contributed by atoms with Crippen LogP contribution in [0.5, 0.6) is 0 Å². The molecule has 0 unspecified atom stereocenters. The van der Waals surface area contributed by atoms with E-state index >= 15 is 0 Å². The van der Waals surface area contributed by atoms with Gasteiger partial charge in [-0.15, -0.1) is 0 Å². The number of imidazole rings is 1. The Morgan fingerprint density at radius 1 is 1.45 bits per heavy atom. The van der Waals surface area contributed by atoms with E-state index in [4.69, 9.17) is 4.74 Å². The number of aromatic nitrogens is 2. The summed E-state index contributed by atoms with van der Waals surface area (Å²) in [5.74, 6) is -0.579. The smallest absolute Gasteiger partial charge is 0.436 e. The van der Waals surface area contributed by atoms with Crippen molar-refractivity contribution in [3.63, 3.8) is 0 Å². The van der Waals surface area contributed by atoms with Crippen molar-refractivity contribution >= 4 is 34.2 Å². The van der Waals surface area contributed by atoms with Gasteiger partial charge in [-0.2, -0.15) is 13.2 Å². The van der Waals surface area contributed by atoms with Crippen LogP contribution in [0.25, 0.3) is 5.65 Å². The second kappa shape index (κ2) is 5.23. The van der Waals surface area contributed by atoms with Gasteiger partial charge in [0.15, 0.2) is 5.69 Å². The minimum Gasteiger partial charge on any atom is -0.462 e. The Labute approximate surface area is 126 Å². The maximum atomic E-state index is 12.8. The predicted molar refractivity (Wildman–Crippen MR) is 73.6 cm³/mol. The number of esters is 1. The van der Waals surface area contributed by atoms with Crippen LogP contribution in [-0.4, -0.2) is 22.0 Å². The molecule has 0 atom stereocenters. The van der Waals surface area contributed by atoms with E-state index in [2.05, 4.69) is 4.98 Å². The first-order valence-corrected chi connectivity index (χ1v) is 6.76. The number of fused-ring (bicyclic) bond motifs is 1. The molecule has 108 valence electrons. The third-order valence-electron chi connectivity index (χ3n) is 2.63. The van der Waals surface area contributed by atoms with Crippen LogP contribution in [0, 0.1) is 10.6 Å². The Balaban J connectivity index is 2.64. The number of alkyl halides is 3. The summed E-state index contributed by atoms with van der Waals surface area (Å²) in [6.45, 7) is 3.46. The van der Waals surface area contributed by atoms with Gasteiger partial charge in [0.1, 0.15) is 9.35 Å². The molecule has 20 heavy (non-hydrogen) atoms. The molecular weight excluding hydrogens is 388 g/mol. The molecule has 4 nitrogen and oxygen atoms in total. The summed E-state index contributed by atoms with van der Waals surface area (Å²) in [7, 11) is 0. The van der Waals surface area contributed by atoms with Crippen molar-refractivity contribution in [1.29, 1.82) is 0 Å². The molecule has 0 fully saturated rings. The van der Waals surface area contributed by atoms with Gasteiger partial charge in [-0.3, -0.25) is 4.40 Å². The number of nitrogens with zero attached hydrogens (tertiary/aromatic N) is 2. The largest absolute Gasteiger partial charge is 0.462 e. The average molecular weight is 398 g/mol. The van der Waals surface area contributed by atoms with Crippen molar-refractivity contribution in [2.24, 2.45) is 0 Å². The van der Waals surface area contributed by atoms with Crippen LogP contribution >= 0.6 is 22.6 Å². The van der Waals surface area contributed by atoms with Gasteiger partial charge in [-0.1, -0.05) is 0 Å². The first-order valence-electron chi connectivity index (χ1n) is 5.68. The number of aryl methyl sites for hydroxylation is 1. The van der Waals surface area contributed by atoms with Crippen molar-refractivity contribution in [1.82, 2.24) is 9.38 Å². The zero-order valence-corrected chi connectivity index (χ0v) is 12.7. The summed E-state index contributed by atoms with van der Waals surface area (Å²) in [6, 6.07) is 2.78. The molecule has 0 N–H and O–H groups in total. The molecule has 0 aliphatic heterocycles. The monoisotopic (exact) mass is 398 g/mol. The Morgan fingerprint density at radius 3 is 2.65 bits per heavy atom. The molecule has 2 rings (SSSR count). The normalized spacial score (nSPS) is 11.9. The molecule has 0 aliphatic carbocycles. The lowest BCUT2D eigenvalue weighted by molar-refractivity contribution is -0.141. The summed E-state index contributed by atoms with van der Waals surface area (Å²) in [6.07, 6.45) is -4.53. The number of halogens is 4. The highest BCUT2D eigenvalue weighted by Crippen LogP contribution is 2.33. The highest BCUT2D eigenvalue weighted by molar-refractivity contribution is 14.1. The third kappa shape index (κ3) is 2.60. The van der Waals surface area contributed by atoms with Gasteiger partial charge in [0.25, 0.3) is 0 Å². The Morgan fingerprint density at radius 2 is 2.10 bits per heavy atom. The number of carbonyl (C=O) groups excluding carboxylic acids is 1. The Bertz CT molecular complexity index is 679. The van der Waals surface area contributed by atoms with E-state index in [1.165, 1.54) is 16.5 Å². The van der Waals surface area contributed by atoms with Crippen LogP contribution in [0.2, 0.25) is 0 Å². The molecule has 0 amide bonds. The van der Waals surface area contributed by atoms with E-state index < -0.39 is 17.8 Å². The lowest BCUT2D eigenvalue weighted by Gasteiger charge is -2.06. The van der Waals surface area contributed by atoms with E-state index in [0.29, 0.717) is 5.69 Å². The molecule has 2 aromatic heterocycles. The lowest BCUT2D eigenvalue weighted by Crippen LogP contribution is -2.08. The summed E-state index contributed by atoms with van der Waals surface area (Å²) in [5, 5.41) is 0. The highest BCUT2D eigenvalue weighted by Gasteiger charge is 2.37. The van der Waals surface area contributed by atoms with E-state index in [9.17, 15) is 18.0 Å². The molecule has 0 aliphatic rings. The SMILES string of the molecule is CCOC(=O)c1cc(C)n2c(I)c(C(F)(F)F)nc2c1. The van der Waals surface area contributed by atoms with Gasteiger partial charge >= 0.3 is 12.1 Å². The van der Waals surface area contributed by atoms with Crippen molar-refractivity contribution in [2.45, 2.75) is 20.0 Å². The highest BCUT2D eigenvalue weighted by atomic mass is 127. The summed E-state index contributed by atoms with van der Waals surface area (Å²) in [5.41, 5.74) is -0.211. The Kier molecular flexibility index (Phi) is 3.94. The number of carbonyl (C=O) groups is 1. The summed E-state index contributed by atoms with van der Waals surface area (Å²) >= 11 is 1.59. The van der Waals surface area contributed by atoms with Crippen molar-refractivity contribution < 1.29 is 22.7 Å². The van der Waals surface area contributed by atoms with Gasteiger partial charge < -0.3 is 4.74 Å². The molecule has 8 heteroatoms. The number of hydrogen-bond donors (Lipinski definition) is 0. The molecule has 2 heterocycles. The number of ether oxygens (including phenoxy) is 1. The van der Waals surface area contributed by atoms with Gasteiger partial charge in [0.2, 0.25) is 0 Å². The number of pyridine rings is 1. The fourth-order valence-corrected chi connectivity index (χ4v) is 2.89. The molecule has 0 saturated heterocycles. The van der Waals surface area contributed by atoms with Crippen LogP contribution in [0.3, 0.4) is 0 Å². The first kappa shape index (κ1) is 15.1. The zero-order chi connectivity index (χ0) is 15.1. The fraction of sp³-hybridized carbons (Fsp3) is 0.333. The molecule has 0 saturated carbocycles. The maximum absolute atomic E-state index is 12.8. The second-order valence-corrected chi connectivity index (χ2v) is 5.07. The second-order valence-electron chi connectivity index (χ2n) is 4.05. The van der Waals surface area contributed by atoms with E-state index in [1.807, 2.05) is 0 Å². The molecule has 0 spiro atoms. The van der Waals surface area contributed by atoms with Crippen molar-refractivity contribution in [2.75, 3.05) is 6.61 Å². The Hall–Kier alpha value is -1.32. The molecule has 0 bridgehead atoms. The van der Waals surface area contributed by atoms with Crippen LogP contribution in [0.4, 0.5) is 13.2 Å². The quantitative estimate of drug-likeness (QED) is 0.575. The van der Waals surface area contributed by atoms with Crippen molar-refractivity contribution in [3.8, 4) is 0 Å². The fourth-order valence-electron chi connectivity index (χ4n) is 1.83. The van der Waals surface area contributed by atoms with Crippen molar-refractivity contribution in [3.05, 3.63) is 32.8 Å². The predicted octanol–water partition coefficient (Wildman–Crippen LogP) is 3.44. The zero-order valence-electron chi connectivity index (χ0n) is 10.6. The minimum atomic E-state index is -4.53. The minimum absolute atomic E-state index is 0.0296. The molecular formula is C12H10F3IN2O2. The standard InChI is InChI=1S/C12H10F3IN2O2/c1-3-20-11(19)7-4-6(2)18-8(5-7)17-9(10(18)16)12(13,14)15/h4-5H,3H2,1-2H3. The number of hydrogen-bond acceptors (Lipinski definition) is 3. The average Bonchev–Trinajstić information content (AvgIpc) is 2.67. The van der Waals surface area contributed by atoms with Gasteiger partial charge in [0, 0.05) is 5.69 Å². The van der Waals surface area contributed by atoms with E-state index in [0.717, 1.165) is 0 Å². The first-order chi connectivity index (χ1) is 9.25. The van der Waals surface area contributed by atoms with E-state index in [-0.39, 0.29) is 21.5 Å². The van der Waals surface area contributed by atoms with Crippen LogP contribution in [0.15, 0.2) is 12.1 Å². The molecule has 2 aromatic rings. The topological polar surface area (TPSA) is 43.6 Å². The van der Waals surface area contributed by atoms with Crippen LogP contribution < -0.4 is 0 Å². The summed E-state index contributed by atoms with van der Waals surface area (Å²) < 4.78 is 44.6. The molecule has 0 aromatic carbocycles. The summed E-state index contributed by atoms with van der Waals surface area (Å²) in [4.78, 5) is 15.2. The third-order valence-corrected chi connectivity index (χ3v) is 3.62. The number of rotatable bonds is 2. The van der Waals surface area contributed by atoms with Crippen LogP contribution in [-0.2, 0) is 10.9 Å². The van der Waals surface area contributed by atoms with Gasteiger partial charge in [-0.05, 0) is 48.6 Å². The van der Waals surface area contributed by atoms with Gasteiger partial charge in [0.05, 0.1) is 12.2 Å². The lowest BCUT2D eigenvalue weighted by atomic mass is 10.2. The maximum Gasteiger partial charge on any atom is 0.436 e. The van der Waals surface area contributed by atoms with E-state index in [1.54, 1.807) is 36.4 Å². The molecule has 0 radical (unpaired) electrons. The van der Waals surface area contributed by atoms with Crippen LogP contribution in [0.1, 0.15) is 28.7 Å².